The van der Waals surface area contributed by atoms with E-state index in [1.54, 1.807) is 0 Å². The van der Waals surface area contributed by atoms with Crippen molar-refractivity contribution in [3.8, 4) is 11.1 Å². The van der Waals surface area contributed by atoms with Crippen molar-refractivity contribution < 1.29 is 4.74 Å². The molecule has 3 aromatic rings. The topological polar surface area (TPSA) is 75.2 Å². The van der Waals surface area contributed by atoms with Gasteiger partial charge in [-0.25, -0.2) is 10.4 Å². The molecule has 0 bridgehead atoms. The molecule has 2 aliphatic rings. The molecule has 0 aliphatic carbocycles. The summed E-state index contributed by atoms with van der Waals surface area (Å²) in [5.41, 5.74) is 11.9. The van der Waals surface area contributed by atoms with Gasteiger partial charge in [-0.2, -0.15) is 0 Å². The molecule has 2 N–H and O–H groups in total. The Labute approximate surface area is 164 Å². The third-order valence-corrected chi connectivity index (χ3v) is 5.45. The van der Waals surface area contributed by atoms with Crippen LogP contribution in [0.1, 0.15) is 23.9 Å². The van der Waals surface area contributed by atoms with Crippen LogP contribution in [0.4, 0.5) is 5.82 Å². The standard InChI is InChI=1S/C21H24N6O/c1-14-12-15(2-5-22-14)17-13-19(27-8-10-28-11-9-27)25-20-16(17)3-6-23-21(20)18-4-7-24-26-18/h2-3,5-6,12-13,18,24,26H,4,7-11H2,1H3. The average molecular weight is 376 g/mol. The van der Waals surface area contributed by atoms with E-state index in [1.807, 2.05) is 19.3 Å². The van der Waals surface area contributed by atoms with Gasteiger partial charge in [0.25, 0.3) is 0 Å². The Morgan fingerprint density at radius 2 is 1.96 bits per heavy atom. The number of rotatable bonds is 3. The number of hydrogen-bond acceptors (Lipinski definition) is 7. The summed E-state index contributed by atoms with van der Waals surface area (Å²) in [4.78, 5) is 16.5. The number of hydrazine groups is 1. The van der Waals surface area contributed by atoms with Gasteiger partial charge >= 0.3 is 0 Å². The molecule has 1 atom stereocenters. The summed E-state index contributed by atoms with van der Waals surface area (Å²) in [6, 6.07) is 8.64. The van der Waals surface area contributed by atoms with Crippen molar-refractivity contribution in [3.63, 3.8) is 0 Å². The van der Waals surface area contributed by atoms with Gasteiger partial charge in [0.05, 0.1) is 30.5 Å². The average Bonchev–Trinajstić information content (AvgIpc) is 3.28. The second-order valence-electron chi connectivity index (χ2n) is 7.32. The number of pyridine rings is 3. The van der Waals surface area contributed by atoms with Crippen LogP contribution in [0.25, 0.3) is 22.0 Å². The lowest BCUT2D eigenvalue weighted by Crippen LogP contribution is -2.36. The lowest BCUT2D eigenvalue weighted by molar-refractivity contribution is 0.122. The van der Waals surface area contributed by atoms with Crippen LogP contribution in [0.15, 0.2) is 36.7 Å². The van der Waals surface area contributed by atoms with Crippen LogP contribution in [0.2, 0.25) is 0 Å². The highest BCUT2D eigenvalue weighted by atomic mass is 16.5. The highest BCUT2D eigenvalue weighted by molar-refractivity contribution is 5.97. The third kappa shape index (κ3) is 3.22. The predicted molar refractivity (Wildman–Crippen MR) is 109 cm³/mol. The molecule has 2 aliphatic heterocycles. The van der Waals surface area contributed by atoms with E-state index < -0.39 is 0 Å². The Morgan fingerprint density at radius 3 is 2.75 bits per heavy atom. The molecule has 1 unspecified atom stereocenters. The van der Waals surface area contributed by atoms with Gasteiger partial charge < -0.3 is 9.64 Å². The molecule has 2 fully saturated rings. The van der Waals surface area contributed by atoms with Crippen LogP contribution >= 0.6 is 0 Å². The first-order valence-corrected chi connectivity index (χ1v) is 9.83. The number of aryl methyl sites for hydroxylation is 1. The van der Waals surface area contributed by atoms with Crippen LogP contribution in [0, 0.1) is 6.92 Å². The summed E-state index contributed by atoms with van der Waals surface area (Å²) in [7, 11) is 0. The molecule has 0 saturated carbocycles. The van der Waals surface area contributed by atoms with Gasteiger partial charge in [0, 0.05) is 43.1 Å². The Bertz CT molecular complexity index is 995. The second-order valence-corrected chi connectivity index (χ2v) is 7.32. The number of hydrogen-bond donors (Lipinski definition) is 2. The number of nitrogens with one attached hydrogen (secondary N) is 2. The SMILES string of the molecule is Cc1cc(-c2cc(N3CCOCC3)nc3c(C4CCNN4)nccc23)ccn1. The Morgan fingerprint density at radius 1 is 1.11 bits per heavy atom. The van der Waals surface area contributed by atoms with Crippen molar-refractivity contribution in [1.82, 2.24) is 25.8 Å². The first-order valence-electron chi connectivity index (χ1n) is 9.83. The van der Waals surface area contributed by atoms with E-state index in [9.17, 15) is 0 Å². The van der Waals surface area contributed by atoms with Crippen molar-refractivity contribution in [2.45, 2.75) is 19.4 Å². The third-order valence-electron chi connectivity index (χ3n) is 5.45. The minimum atomic E-state index is 0.170. The Kier molecular flexibility index (Phi) is 4.64. The molecule has 144 valence electrons. The maximum Gasteiger partial charge on any atom is 0.130 e. The van der Waals surface area contributed by atoms with E-state index in [0.29, 0.717) is 0 Å². The molecular formula is C21H24N6O. The van der Waals surface area contributed by atoms with Gasteiger partial charge in [0.15, 0.2) is 0 Å². The fourth-order valence-corrected chi connectivity index (χ4v) is 4.01. The minimum Gasteiger partial charge on any atom is -0.378 e. The van der Waals surface area contributed by atoms with E-state index in [4.69, 9.17) is 14.7 Å². The van der Waals surface area contributed by atoms with Gasteiger partial charge in [0.2, 0.25) is 0 Å². The highest BCUT2D eigenvalue weighted by Gasteiger charge is 2.23. The molecule has 28 heavy (non-hydrogen) atoms. The van der Waals surface area contributed by atoms with E-state index in [0.717, 1.165) is 72.9 Å². The van der Waals surface area contributed by atoms with Gasteiger partial charge in [-0.3, -0.25) is 15.4 Å². The van der Waals surface area contributed by atoms with Gasteiger partial charge in [-0.05, 0) is 48.7 Å². The largest absolute Gasteiger partial charge is 0.378 e. The van der Waals surface area contributed by atoms with Gasteiger partial charge in [0.1, 0.15) is 5.82 Å². The van der Waals surface area contributed by atoms with Crippen molar-refractivity contribution in [2.75, 3.05) is 37.7 Å². The molecule has 0 amide bonds. The van der Waals surface area contributed by atoms with Crippen LogP contribution < -0.4 is 15.8 Å². The zero-order valence-corrected chi connectivity index (χ0v) is 16.0. The zero-order valence-electron chi connectivity index (χ0n) is 16.0. The number of ether oxygens (including phenoxy) is 1. The van der Waals surface area contributed by atoms with Crippen LogP contribution in [0.3, 0.4) is 0 Å². The fraction of sp³-hybridized carbons (Fsp3) is 0.381. The van der Waals surface area contributed by atoms with Crippen molar-refractivity contribution >= 4 is 16.7 Å². The number of nitrogens with zero attached hydrogens (tertiary/aromatic N) is 4. The monoisotopic (exact) mass is 376 g/mol. The molecule has 5 rings (SSSR count). The van der Waals surface area contributed by atoms with Crippen LogP contribution in [0.5, 0.6) is 0 Å². The predicted octanol–water partition coefficient (Wildman–Crippen LogP) is 2.38. The van der Waals surface area contributed by atoms with E-state index in [-0.39, 0.29) is 6.04 Å². The molecule has 0 radical (unpaired) electrons. The lowest BCUT2D eigenvalue weighted by Gasteiger charge is -2.29. The molecule has 3 aromatic heterocycles. The van der Waals surface area contributed by atoms with Crippen LogP contribution in [-0.4, -0.2) is 47.8 Å². The Balaban J connectivity index is 1.73. The summed E-state index contributed by atoms with van der Waals surface area (Å²) in [6.07, 6.45) is 4.76. The van der Waals surface area contributed by atoms with Gasteiger partial charge in [-0.1, -0.05) is 0 Å². The molecule has 5 heterocycles. The quantitative estimate of drug-likeness (QED) is 0.727. The van der Waals surface area contributed by atoms with Crippen molar-refractivity contribution in [3.05, 3.63) is 48.0 Å². The van der Waals surface area contributed by atoms with E-state index >= 15 is 0 Å². The lowest BCUT2D eigenvalue weighted by atomic mass is 9.99. The normalized spacial score (nSPS) is 20.0. The number of morpholine rings is 1. The van der Waals surface area contributed by atoms with Crippen LogP contribution in [-0.2, 0) is 4.74 Å². The van der Waals surface area contributed by atoms with E-state index in [1.165, 1.54) is 5.56 Å². The fourth-order valence-electron chi connectivity index (χ4n) is 4.01. The number of fused-ring (bicyclic) bond motifs is 1. The molecule has 0 aromatic carbocycles. The zero-order chi connectivity index (χ0) is 18.9. The maximum atomic E-state index is 5.54. The highest BCUT2D eigenvalue weighted by Crippen LogP contribution is 2.34. The van der Waals surface area contributed by atoms with E-state index in [2.05, 4.69) is 45.0 Å². The summed E-state index contributed by atoms with van der Waals surface area (Å²) < 4.78 is 5.54. The maximum absolute atomic E-state index is 5.54. The summed E-state index contributed by atoms with van der Waals surface area (Å²) in [6.45, 7) is 6.13. The van der Waals surface area contributed by atoms with Gasteiger partial charge in [-0.15, -0.1) is 0 Å². The van der Waals surface area contributed by atoms with Crippen molar-refractivity contribution in [2.24, 2.45) is 0 Å². The summed E-state index contributed by atoms with van der Waals surface area (Å²) in [5, 5.41) is 1.13. The molecule has 7 heteroatoms. The number of anilines is 1. The summed E-state index contributed by atoms with van der Waals surface area (Å²) >= 11 is 0. The minimum absolute atomic E-state index is 0.170. The second kappa shape index (κ2) is 7.43. The first-order chi connectivity index (χ1) is 13.8. The van der Waals surface area contributed by atoms with Crippen molar-refractivity contribution in [1.29, 1.82) is 0 Å². The molecule has 7 nitrogen and oxygen atoms in total. The smallest absolute Gasteiger partial charge is 0.130 e. The molecular weight excluding hydrogens is 352 g/mol. The Hall–Kier alpha value is -2.61. The number of aromatic nitrogens is 3. The molecule has 0 spiro atoms. The summed E-state index contributed by atoms with van der Waals surface area (Å²) in [5.74, 6) is 0.987. The first kappa shape index (κ1) is 17.5. The molecule has 2 saturated heterocycles.